The van der Waals surface area contributed by atoms with Crippen molar-refractivity contribution in [3.63, 3.8) is 0 Å². The van der Waals surface area contributed by atoms with Gasteiger partial charge in [-0.15, -0.1) is 11.3 Å². The largest absolute Gasteiger partial charge is 0.465 e. The van der Waals surface area contributed by atoms with Crippen molar-refractivity contribution in [2.24, 2.45) is 0 Å². The molecule has 0 unspecified atom stereocenters. The molecule has 0 radical (unpaired) electrons. The second-order valence-corrected chi connectivity index (χ2v) is 5.51. The molecule has 0 spiro atoms. The third-order valence-electron chi connectivity index (χ3n) is 2.97. The first-order chi connectivity index (χ1) is 9.97. The zero-order chi connectivity index (χ0) is 16.0. The summed E-state index contributed by atoms with van der Waals surface area (Å²) in [6, 6.07) is 0. The van der Waals surface area contributed by atoms with E-state index in [0.29, 0.717) is 5.00 Å². The second kappa shape index (κ2) is 7.87. The summed E-state index contributed by atoms with van der Waals surface area (Å²) in [5, 5.41) is 0.639. The lowest BCUT2D eigenvalue weighted by Crippen LogP contribution is -2.20. The lowest BCUT2D eigenvalue weighted by atomic mass is 10.2. The molecule has 0 aliphatic carbocycles. The first kappa shape index (κ1) is 17.3. The van der Waals surface area contributed by atoms with Gasteiger partial charge < -0.3 is 20.1 Å². The summed E-state index contributed by atoms with van der Waals surface area (Å²) < 4.78 is 9.75. The number of nitrogens with two attached hydrogens (primary N) is 1. The summed E-state index contributed by atoms with van der Waals surface area (Å²) in [6.45, 7) is 4.83. The number of carbonyl (C=O) groups excluding carboxylic acids is 2. The Kier molecular flexibility index (Phi) is 6.48. The van der Waals surface area contributed by atoms with Crippen LogP contribution in [0, 0.1) is 0 Å². The van der Waals surface area contributed by atoms with Crippen molar-refractivity contribution in [2.45, 2.75) is 26.7 Å². The summed E-state index contributed by atoms with van der Waals surface area (Å²) in [5.74, 6) is -1.06. The Morgan fingerprint density at radius 2 is 1.95 bits per heavy atom. The monoisotopic (exact) mass is 314 g/mol. The van der Waals surface area contributed by atoms with E-state index in [0.717, 1.165) is 30.7 Å². The minimum absolute atomic E-state index is 0.128. The van der Waals surface area contributed by atoms with Crippen LogP contribution in [0.4, 0.5) is 10.7 Å². The maximum atomic E-state index is 12.1. The van der Waals surface area contributed by atoms with E-state index in [9.17, 15) is 9.59 Å². The van der Waals surface area contributed by atoms with Crippen molar-refractivity contribution in [2.75, 3.05) is 37.9 Å². The zero-order valence-electron chi connectivity index (χ0n) is 12.9. The number of unbranched alkanes of at least 4 members (excludes halogenated alkanes) is 1. The number of hydrogen-bond acceptors (Lipinski definition) is 7. The summed E-state index contributed by atoms with van der Waals surface area (Å²) in [6.07, 6.45) is 2.01. The van der Waals surface area contributed by atoms with Crippen LogP contribution in [-0.4, -0.2) is 39.2 Å². The van der Waals surface area contributed by atoms with E-state index in [4.69, 9.17) is 15.2 Å². The summed E-state index contributed by atoms with van der Waals surface area (Å²) >= 11 is 1.16. The molecule has 0 saturated heterocycles. The number of ether oxygens (including phenoxy) is 2. The van der Waals surface area contributed by atoms with Crippen molar-refractivity contribution >= 4 is 34.0 Å². The number of hydrogen-bond donors (Lipinski definition) is 1. The molecule has 6 nitrogen and oxygen atoms in total. The highest BCUT2D eigenvalue weighted by Crippen LogP contribution is 2.38. The Bertz CT molecular complexity index is 513. The molecule has 0 bridgehead atoms. The molecule has 1 aromatic rings. The minimum Gasteiger partial charge on any atom is -0.465 e. The normalized spacial score (nSPS) is 10.3. The number of nitrogens with zero attached hydrogens (tertiary/aromatic N) is 1. The Morgan fingerprint density at radius 1 is 1.29 bits per heavy atom. The maximum Gasteiger partial charge on any atom is 0.350 e. The Balaban J connectivity index is 3.25. The third kappa shape index (κ3) is 3.87. The molecule has 118 valence electrons. The highest BCUT2D eigenvalue weighted by Gasteiger charge is 2.28. The molecule has 1 rings (SSSR count). The van der Waals surface area contributed by atoms with E-state index >= 15 is 0 Å². The van der Waals surface area contributed by atoms with E-state index in [1.54, 1.807) is 6.92 Å². The van der Waals surface area contributed by atoms with Crippen molar-refractivity contribution in [3.05, 3.63) is 10.4 Å². The number of rotatable bonds is 7. The highest BCUT2D eigenvalue weighted by molar-refractivity contribution is 7.19. The second-order valence-electron chi connectivity index (χ2n) is 4.51. The molecular weight excluding hydrogens is 292 g/mol. The predicted molar refractivity (Wildman–Crippen MR) is 84.2 cm³/mol. The van der Waals surface area contributed by atoms with Crippen LogP contribution in [0.2, 0.25) is 0 Å². The highest BCUT2D eigenvalue weighted by atomic mass is 32.1. The summed E-state index contributed by atoms with van der Waals surface area (Å²) in [4.78, 5) is 26.0. The molecule has 0 aliphatic heterocycles. The number of esters is 2. The van der Waals surface area contributed by atoms with Crippen LogP contribution >= 0.6 is 11.3 Å². The smallest absolute Gasteiger partial charge is 0.350 e. The van der Waals surface area contributed by atoms with Crippen molar-refractivity contribution in [1.29, 1.82) is 0 Å². The van der Waals surface area contributed by atoms with E-state index in [1.165, 1.54) is 7.11 Å². The zero-order valence-corrected chi connectivity index (χ0v) is 13.7. The van der Waals surface area contributed by atoms with Crippen LogP contribution in [0.3, 0.4) is 0 Å². The van der Waals surface area contributed by atoms with Gasteiger partial charge in [-0.25, -0.2) is 9.59 Å². The van der Waals surface area contributed by atoms with Crippen molar-refractivity contribution in [3.8, 4) is 0 Å². The van der Waals surface area contributed by atoms with Crippen LogP contribution < -0.4 is 10.6 Å². The van der Waals surface area contributed by atoms with Gasteiger partial charge in [0.1, 0.15) is 15.4 Å². The number of carbonyl (C=O) groups is 2. The SMILES string of the molecule is CCCCN(C)c1sc(C(=O)OC)c(N)c1C(=O)OCC. The van der Waals surface area contributed by atoms with Crippen molar-refractivity contribution < 1.29 is 19.1 Å². The topological polar surface area (TPSA) is 81.9 Å². The Hall–Kier alpha value is -1.76. The van der Waals surface area contributed by atoms with Gasteiger partial charge in [0.05, 0.1) is 19.4 Å². The first-order valence-corrected chi connectivity index (χ1v) is 7.68. The van der Waals surface area contributed by atoms with Gasteiger partial charge >= 0.3 is 11.9 Å². The van der Waals surface area contributed by atoms with Gasteiger partial charge in [-0.3, -0.25) is 0 Å². The number of thiophene rings is 1. The molecule has 0 aliphatic rings. The molecule has 0 amide bonds. The van der Waals surface area contributed by atoms with Gasteiger partial charge in [-0.1, -0.05) is 13.3 Å². The predicted octanol–water partition coefficient (Wildman–Crippen LogP) is 2.53. The Morgan fingerprint density at radius 3 is 2.48 bits per heavy atom. The first-order valence-electron chi connectivity index (χ1n) is 6.86. The minimum atomic E-state index is -0.543. The molecule has 2 N–H and O–H groups in total. The lowest BCUT2D eigenvalue weighted by Gasteiger charge is -2.18. The molecule has 0 saturated carbocycles. The van der Waals surface area contributed by atoms with Crippen LogP contribution in [0.5, 0.6) is 0 Å². The molecule has 7 heteroatoms. The van der Waals surface area contributed by atoms with Crippen LogP contribution in [0.1, 0.15) is 46.7 Å². The number of nitrogen functional groups attached to an aromatic ring is 1. The lowest BCUT2D eigenvalue weighted by molar-refractivity contribution is 0.0529. The third-order valence-corrected chi connectivity index (χ3v) is 4.27. The summed E-state index contributed by atoms with van der Waals surface area (Å²) in [7, 11) is 3.15. The molecular formula is C14H22N2O4S. The molecule has 0 aromatic carbocycles. The maximum absolute atomic E-state index is 12.1. The molecule has 21 heavy (non-hydrogen) atoms. The average molecular weight is 314 g/mol. The van der Waals surface area contributed by atoms with Crippen LogP contribution in [0.15, 0.2) is 0 Å². The fraction of sp³-hybridized carbons (Fsp3) is 0.571. The van der Waals surface area contributed by atoms with E-state index in [1.807, 2.05) is 11.9 Å². The number of methoxy groups -OCH3 is 1. The van der Waals surface area contributed by atoms with Gasteiger partial charge in [0.15, 0.2) is 0 Å². The Labute approximate surface area is 128 Å². The molecule has 0 atom stereocenters. The van der Waals surface area contributed by atoms with Crippen LogP contribution in [0.25, 0.3) is 0 Å². The van der Waals surface area contributed by atoms with Gasteiger partial charge in [0, 0.05) is 13.6 Å². The van der Waals surface area contributed by atoms with Gasteiger partial charge in [0.2, 0.25) is 0 Å². The molecule has 1 aromatic heterocycles. The van der Waals surface area contributed by atoms with E-state index < -0.39 is 11.9 Å². The quantitative estimate of drug-likeness (QED) is 0.779. The molecule has 1 heterocycles. The van der Waals surface area contributed by atoms with Gasteiger partial charge in [0.25, 0.3) is 0 Å². The van der Waals surface area contributed by atoms with Crippen molar-refractivity contribution in [1.82, 2.24) is 0 Å². The van der Waals surface area contributed by atoms with E-state index in [2.05, 4.69) is 6.92 Å². The van der Waals surface area contributed by atoms with E-state index in [-0.39, 0.29) is 22.7 Å². The average Bonchev–Trinajstić information content (AvgIpc) is 2.81. The molecule has 0 fully saturated rings. The van der Waals surface area contributed by atoms with Gasteiger partial charge in [-0.05, 0) is 13.3 Å². The standard InChI is InChI=1S/C14H22N2O4S/c1-5-7-8-16(3)12-9(13(17)20-6-2)10(15)11(21-12)14(18)19-4/h5-8,15H2,1-4H3. The fourth-order valence-corrected chi connectivity index (χ4v) is 2.96. The summed E-state index contributed by atoms with van der Waals surface area (Å²) in [5.41, 5.74) is 6.34. The fourth-order valence-electron chi connectivity index (χ4n) is 1.84. The number of anilines is 2. The van der Waals surface area contributed by atoms with Gasteiger partial charge in [-0.2, -0.15) is 0 Å². The van der Waals surface area contributed by atoms with Crippen LogP contribution in [-0.2, 0) is 9.47 Å².